The van der Waals surface area contributed by atoms with Crippen LogP contribution in [0.3, 0.4) is 0 Å². The molecule has 3 atom stereocenters. The molecule has 0 spiro atoms. The number of anilines is 2. The number of benzene rings is 2. The van der Waals surface area contributed by atoms with Crippen molar-refractivity contribution in [1.82, 2.24) is 9.80 Å². The summed E-state index contributed by atoms with van der Waals surface area (Å²) in [5.41, 5.74) is -1.58. The summed E-state index contributed by atoms with van der Waals surface area (Å²) in [4.78, 5) is 29.8. The summed E-state index contributed by atoms with van der Waals surface area (Å²) < 4.78 is 67.3. The molecule has 2 bridgehead atoms. The van der Waals surface area contributed by atoms with Crippen LogP contribution in [-0.4, -0.2) is 51.5 Å². The van der Waals surface area contributed by atoms with Crippen LogP contribution in [0.4, 0.5) is 38.1 Å². The Kier molecular flexibility index (Phi) is 4.82. The maximum Gasteiger partial charge on any atom is 0.416 e. The van der Waals surface area contributed by atoms with Crippen molar-refractivity contribution in [2.45, 2.75) is 30.7 Å². The summed E-state index contributed by atoms with van der Waals surface area (Å²) in [5, 5.41) is 2.52. The predicted molar refractivity (Wildman–Crippen MR) is 111 cm³/mol. The fraction of sp³-hybridized carbons (Fsp3) is 0.286. The standard InChI is InChI=1S/C21H15F5N4O2S/c22-13-5-2-6-14(23)16(13)27-19(33)28-9-12-8-15(28)17-18(31)30(20(32)29(12)17)11-4-1-3-10(7-11)21(24,25)26/h1-7,12,15,17H,8-9H2,(H,27,33)/t12?,15-,17-/m1/s1. The minimum absolute atomic E-state index is 0.0103. The van der Waals surface area contributed by atoms with Gasteiger partial charge in [0.15, 0.2) is 5.11 Å². The van der Waals surface area contributed by atoms with Crippen LogP contribution in [0.5, 0.6) is 0 Å². The molecule has 2 aromatic rings. The number of nitrogens with one attached hydrogen (secondary N) is 1. The molecule has 12 heteroatoms. The molecule has 172 valence electrons. The highest BCUT2D eigenvalue weighted by Gasteiger charge is 2.62. The van der Waals surface area contributed by atoms with Crippen LogP contribution < -0.4 is 10.2 Å². The highest BCUT2D eigenvalue weighted by Crippen LogP contribution is 2.43. The van der Waals surface area contributed by atoms with E-state index in [1.807, 2.05) is 0 Å². The molecule has 3 saturated heterocycles. The van der Waals surface area contributed by atoms with Crippen LogP contribution in [0.2, 0.25) is 0 Å². The zero-order valence-corrected chi connectivity index (χ0v) is 17.5. The van der Waals surface area contributed by atoms with Gasteiger partial charge < -0.3 is 15.1 Å². The van der Waals surface area contributed by atoms with Crippen molar-refractivity contribution in [3.63, 3.8) is 0 Å². The summed E-state index contributed by atoms with van der Waals surface area (Å²) in [5.74, 6) is -2.35. The van der Waals surface area contributed by atoms with Crippen LogP contribution in [0, 0.1) is 11.6 Å². The number of amides is 3. The van der Waals surface area contributed by atoms with E-state index in [0.717, 1.165) is 35.2 Å². The second kappa shape index (κ2) is 7.37. The molecule has 0 aromatic heterocycles. The van der Waals surface area contributed by atoms with Crippen molar-refractivity contribution < 1.29 is 31.5 Å². The Morgan fingerprint density at radius 3 is 2.39 bits per heavy atom. The number of hydrogen-bond donors (Lipinski definition) is 1. The highest BCUT2D eigenvalue weighted by atomic mass is 32.1. The Hall–Kier alpha value is -3.28. The van der Waals surface area contributed by atoms with Crippen LogP contribution in [0.25, 0.3) is 0 Å². The normalized spacial score (nSPS) is 24.0. The van der Waals surface area contributed by atoms with E-state index in [1.165, 1.54) is 17.0 Å². The molecule has 3 heterocycles. The topological polar surface area (TPSA) is 55.9 Å². The van der Waals surface area contributed by atoms with Crippen molar-refractivity contribution in [1.29, 1.82) is 0 Å². The first kappa shape index (κ1) is 21.6. The lowest BCUT2D eigenvalue weighted by Crippen LogP contribution is -2.55. The van der Waals surface area contributed by atoms with Crippen molar-refractivity contribution in [2.24, 2.45) is 0 Å². The molecule has 3 fully saturated rings. The van der Waals surface area contributed by atoms with Crippen LogP contribution >= 0.6 is 12.2 Å². The zero-order valence-electron chi connectivity index (χ0n) is 16.6. The lowest BCUT2D eigenvalue weighted by molar-refractivity contribution is -0.137. The van der Waals surface area contributed by atoms with Gasteiger partial charge in [-0.1, -0.05) is 12.1 Å². The SMILES string of the molecule is O=C1[C@H]2[C@H]3CC(CN3C(=S)Nc3c(F)cccc3F)N2C(=O)N1c1cccc(C(F)(F)F)c1. The molecule has 33 heavy (non-hydrogen) atoms. The first-order valence-corrected chi connectivity index (χ1v) is 10.3. The van der Waals surface area contributed by atoms with E-state index in [2.05, 4.69) is 5.32 Å². The quantitative estimate of drug-likeness (QED) is 0.399. The number of thiocarbonyl (C=S) groups is 1. The van der Waals surface area contributed by atoms with Gasteiger partial charge in [-0.3, -0.25) is 4.79 Å². The van der Waals surface area contributed by atoms with Gasteiger partial charge in [-0.2, -0.15) is 13.2 Å². The third-order valence-corrected chi connectivity index (χ3v) is 6.49. The predicted octanol–water partition coefficient (Wildman–Crippen LogP) is 3.97. The average molecular weight is 482 g/mol. The van der Waals surface area contributed by atoms with Crippen LogP contribution in [0.1, 0.15) is 12.0 Å². The van der Waals surface area contributed by atoms with E-state index in [9.17, 15) is 31.5 Å². The molecule has 3 aliphatic rings. The Morgan fingerprint density at radius 1 is 1.06 bits per heavy atom. The highest BCUT2D eigenvalue weighted by molar-refractivity contribution is 7.80. The number of fused-ring (bicyclic) bond motifs is 5. The van der Waals surface area contributed by atoms with Gasteiger partial charge in [0.05, 0.1) is 23.3 Å². The smallest absolute Gasteiger partial charge is 0.341 e. The maximum absolute atomic E-state index is 14.0. The maximum atomic E-state index is 14.0. The Labute approximate surface area is 189 Å². The number of imide groups is 1. The number of para-hydroxylation sites is 1. The van der Waals surface area contributed by atoms with E-state index in [-0.39, 0.29) is 17.3 Å². The monoisotopic (exact) mass is 482 g/mol. The summed E-state index contributed by atoms with van der Waals surface area (Å²) in [6, 6.07) is 4.69. The molecular weight excluding hydrogens is 467 g/mol. The lowest BCUT2D eigenvalue weighted by atomic mass is 10.1. The van der Waals surface area contributed by atoms with Crippen molar-refractivity contribution in [3.05, 3.63) is 59.7 Å². The van der Waals surface area contributed by atoms with Crippen LogP contribution in [0.15, 0.2) is 42.5 Å². The van der Waals surface area contributed by atoms with Crippen molar-refractivity contribution >= 4 is 40.6 Å². The molecule has 0 saturated carbocycles. The molecule has 1 unspecified atom stereocenters. The molecule has 0 radical (unpaired) electrons. The summed E-state index contributed by atoms with van der Waals surface area (Å²) in [7, 11) is 0. The number of urea groups is 1. The Bertz CT molecular complexity index is 1170. The number of carbonyl (C=O) groups excluding carboxylic acids is 2. The number of likely N-dealkylation sites (tertiary alicyclic amines) is 1. The van der Waals surface area contributed by atoms with E-state index < -0.39 is 59.1 Å². The number of carbonyl (C=O) groups is 2. The number of hydrogen-bond acceptors (Lipinski definition) is 3. The molecule has 6 nitrogen and oxygen atoms in total. The van der Waals surface area contributed by atoms with Gasteiger partial charge in [0, 0.05) is 6.54 Å². The van der Waals surface area contributed by atoms with Crippen molar-refractivity contribution in [3.8, 4) is 0 Å². The summed E-state index contributed by atoms with van der Waals surface area (Å²) in [6.07, 6.45) is -4.23. The number of halogens is 5. The fourth-order valence-corrected chi connectivity index (χ4v) is 5.06. The van der Waals surface area contributed by atoms with Gasteiger partial charge in [0.25, 0.3) is 5.91 Å². The van der Waals surface area contributed by atoms with Gasteiger partial charge in [0.1, 0.15) is 23.4 Å². The average Bonchev–Trinajstić information content (AvgIpc) is 3.41. The number of nitrogens with zero attached hydrogens (tertiary/aromatic N) is 3. The Balaban J connectivity index is 1.40. The minimum Gasteiger partial charge on any atom is -0.341 e. The lowest BCUT2D eigenvalue weighted by Gasteiger charge is -2.36. The van der Waals surface area contributed by atoms with E-state index in [1.54, 1.807) is 4.90 Å². The molecule has 0 aliphatic carbocycles. The molecule has 1 N–H and O–H groups in total. The molecule has 5 rings (SSSR count). The largest absolute Gasteiger partial charge is 0.416 e. The molecule has 2 aromatic carbocycles. The second-order valence-electron chi connectivity index (χ2n) is 7.99. The van der Waals surface area contributed by atoms with Crippen LogP contribution in [-0.2, 0) is 11.0 Å². The van der Waals surface area contributed by atoms with Gasteiger partial charge in [0.2, 0.25) is 0 Å². The first-order valence-electron chi connectivity index (χ1n) is 9.93. The number of rotatable bonds is 2. The van der Waals surface area contributed by atoms with Gasteiger partial charge in [-0.15, -0.1) is 0 Å². The second-order valence-corrected chi connectivity index (χ2v) is 8.38. The van der Waals surface area contributed by atoms with Gasteiger partial charge in [-0.05, 0) is 49.0 Å². The Morgan fingerprint density at radius 2 is 1.73 bits per heavy atom. The summed E-state index contributed by atoms with van der Waals surface area (Å²) >= 11 is 5.32. The third kappa shape index (κ3) is 3.31. The number of piperazine rings is 1. The first-order chi connectivity index (χ1) is 15.6. The zero-order chi connectivity index (χ0) is 23.7. The number of alkyl halides is 3. The van der Waals surface area contributed by atoms with E-state index >= 15 is 0 Å². The summed E-state index contributed by atoms with van der Waals surface area (Å²) in [6.45, 7) is 0.221. The molecular formula is C21H15F5N4O2S. The van der Waals surface area contributed by atoms with Gasteiger partial charge >= 0.3 is 12.2 Å². The fourth-order valence-electron chi connectivity index (χ4n) is 4.75. The van der Waals surface area contributed by atoms with E-state index in [4.69, 9.17) is 12.2 Å². The van der Waals surface area contributed by atoms with E-state index in [0.29, 0.717) is 6.42 Å². The molecule has 3 aliphatic heterocycles. The van der Waals surface area contributed by atoms with Crippen molar-refractivity contribution in [2.75, 3.05) is 16.8 Å². The molecule has 3 amide bonds. The minimum atomic E-state index is -4.63. The van der Waals surface area contributed by atoms with Gasteiger partial charge in [-0.25, -0.2) is 18.5 Å². The third-order valence-electron chi connectivity index (χ3n) is 6.15.